The van der Waals surface area contributed by atoms with Crippen LogP contribution in [0.2, 0.25) is 10.0 Å². The van der Waals surface area contributed by atoms with Gasteiger partial charge in [-0.1, -0.05) is 30.1 Å². The first-order valence-electron chi connectivity index (χ1n) is 9.70. The van der Waals surface area contributed by atoms with Gasteiger partial charge in [-0.3, -0.25) is 0 Å². The minimum Gasteiger partial charge on any atom is -0.370 e. The van der Waals surface area contributed by atoms with E-state index < -0.39 is 0 Å². The largest absolute Gasteiger partial charge is 0.370 e. The molecule has 1 saturated heterocycles. The first-order chi connectivity index (χ1) is 12.7. The van der Waals surface area contributed by atoms with Crippen molar-refractivity contribution in [2.24, 2.45) is 0 Å². The molecule has 1 atom stereocenters. The number of hydrogen-bond donors (Lipinski definition) is 1. The molecule has 0 saturated carbocycles. The van der Waals surface area contributed by atoms with Crippen LogP contribution in [0.1, 0.15) is 49.8 Å². The van der Waals surface area contributed by atoms with E-state index in [1.54, 1.807) is 0 Å². The summed E-state index contributed by atoms with van der Waals surface area (Å²) in [5.41, 5.74) is 3.49. The van der Waals surface area contributed by atoms with Crippen LogP contribution in [0.5, 0.6) is 0 Å². The van der Waals surface area contributed by atoms with Crippen LogP contribution in [0.25, 0.3) is 5.69 Å². The minimum atomic E-state index is 0.497. The van der Waals surface area contributed by atoms with E-state index >= 15 is 0 Å². The van der Waals surface area contributed by atoms with Crippen LogP contribution in [-0.4, -0.2) is 40.9 Å². The number of nitrogens with one attached hydrogen (secondary N) is 1. The maximum Gasteiger partial charge on any atom is 0.133 e. The van der Waals surface area contributed by atoms with Gasteiger partial charge in [-0.25, -0.2) is 4.68 Å². The molecule has 4 rings (SSSR count). The molecule has 1 aromatic heterocycles. The normalized spacial score (nSPS) is 21.1. The standard InChI is InChI=1S/C20H26Cl2N4/c1-2-25-11-5-6-14(13-25)19-16-7-3-4-10-23-20(16)26(24-19)18-12-15(21)8-9-17(18)22/h8-9,12,14,23H,2-7,10-11,13H2,1H3. The van der Waals surface area contributed by atoms with Crippen molar-refractivity contribution in [1.82, 2.24) is 14.7 Å². The Balaban J connectivity index is 1.80. The lowest BCUT2D eigenvalue weighted by molar-refractivity contribution is 0.215. The van der Waals surface area contributed by atoms with Crippen LogP contribution >= 0.6 is 23.2 Å². The van der Waals surface area contributed by atoms with Crippen molar-refractivity contribution in [2.45, 2.75) is 44.9 Å². The number of nitrogens with zero attached hydrogens (tertiary/aromatic N) is 3. The van der Waals surface area contributed by atoms with Gasteiger partial charge in [-0.2, -0.15) is 5.10 Å². The molecule has 0 radical (unpaired) electrons. The minimum absolute atomic E-state index is 0.497. The van der Waals surface area contributed by atoms with Gasteiger partial charge in [0.2, 0.25) is 0 Å². The summed E-state index contributed by atoms with van der Waals surface area (Å²) in [6, 6.07) is 5.58. The topological polar surface area (TPSA) is 33.1 Å². The number of halogens is 2. The number of likely N-dealkylation sites (tertiary alicyclic amines) is 1. The summed E-state index contributed by atoms with van der Waals surface area (Å²) in [5, 5.41) is 10.0. The summed E-state index contributed by atoms with van der Waals surface area (Å²) in [6.07, 6.45) is 5.92. The van der Waals surface area contributed by atoms with Crippen molar-refractivity contribution in [2.75, 3.05) is 31.5 Å². The molecule has 4 nitrogen and oxygen atoms in total. The Morgan fingerprint density at radius 3 is 2.96 bits per heavy atom. The van der Waals surface area contributed by atoms with Crippen LogP contribution in [-0.2, 0) is 6.42 Å². The summed E-state index contributed by atoms with van der Waals surface area (Å²) in [5.74, 6) is 1.60. The molecule has 1 aromatic carbocycles. The highest BCUT2D eigenvalue weighted by Crippen LogP contribution is 2.37. The van der Waals surface area contributed by atoms with Crippen LogP contribution in [0.15, 0.2) is 18.2 Å². The smallest absolute Gasteiger partial charge is 0.133 e. The van der Waals surface area contributed by atoms with Crippen molar-refractivity contribution >= 4 is 29.0 Å². The molecule has 3 heterocycles. The van der Waals surface area contributed by atoms with E-state index in [2.05, 4.69) is 17.1 Å². The molecule has 1 N–H and O–H groups in total. The molecule has 26 heavy (non-hydrogen) atoms. The molecule has 0 aliphatic carbocycles. The van der Waals surface area contributed by atoms with Gasteiger partial charge in [0, 0.05) is 29.6 Å². The molecule has 0 amide bonds. The lowest BCUT2D eigenvalue weighted by Crippen LogP contribution is -2.34. The third-order valence-corrected chi connectivity index (χ3v) is 6.19. The van der Waals surface area contributed by atoms with E-state index in [0.717, 1.165) is 37.6 Å². The van der Waals surface area contributed by atoms with E-state index in [4.69, 9.17) is 28.3 Å². The Morgan fingerprint density at radius 1 is 1.23 bits per heavy atom. The quantitative estimate of drug-likeness (QED) is 0.785. The van der Waals surface area contributed by atoms with Gasteiger partial charge >= 0.3 is 0 Å². The summed E-state index contributed by atoms with van der Waals surface area (Å²) in [7, 11) is 0. The zero-order valence-electron chi connectivity index (χ0n) is 15.3. The Morgan fingerprint density at radius 2 is 2.12 bits per heavy atom. The molecule has 2 aliphatic rings. The third-order valence-electron chi connectivity index (χ3n) is 5.64. The van der Waals surface area contributed by atoms with E-state index in [-0.39, 0.29) is 0 Å². The Hall–Kier alpha value is -1.23. The highest BCUT2D eigenvalue weighted by atomic mass is 35.5. The average molecular weight is 393 g/mol. The maximum absolute atomic E-state index is 6.50. The van der Waals surface area contributed by atoms with Crippen LogP contribution in [0.3, 0.4) is 0 Å². The lowest BCUT2D eigenvalue weighted by Gasteiger charge is -2.31. The number of rotatable bonds is 3. The summed E-state index contributed by atoms with van der Waals surface area (Å²) < 4.78 is 2.00. The first-order valence-corrected chi connectivity index (χ1v) is 10.5. The van der Waals surface area contributed by atoms with E-state index in [9.17, 15) is 0 Å². The Bertz CT molecular complexity index is 786. The van der Waals surface area contributed by atoms with Crippen molar-refractivity contribution < 1.29 is 0 Å². The highest BCUT2D eigenvalue weighted by Gasteiger charge is 2.29. The number of piperidine rings is 1. The first kappa shape index (κ1) is 18.1. The number of benzene rings is 1. The second kappa shape index (κ2) is 7.79. The molecule has 0 bridgehead atoms. The van der Waals surface area contributed by atoms with Gasteiger partial charge in [0.15, 0.2) is 0 Å². The average Bonchev–Trinajstić information content (AvgIpc) is 2.84. The number of likely N-dealkylation sites (N-methyl/N-ethyl adjacent to an activating group) is 1. The highest BCUT2D eigenvalue weighted by molar-refractivity contribution is 6.34. The van der Waals surface area contributed by atoms with Crippen LogP contribution in [0.4, 0.5) is 5.82 Å². The zero-order chi connectivity index (χ0) is 18.1. The monoisotopic (exact) mass is 392 g/mol. The number of aromatic nitrogens is 2. The van der Waals surface area contributed by atoms with Gasteiger partial charge < -0.3 is 10.2 Å². The summed E-state index contributed by atoms with van der Waals surface area (Å²) in [6.45, 7) is 6.63. The lowest BCUT2D eigenvalue weighted by atomic mass is 9.91. The molecular weight excluding hydrogens is 367 g/mol. The summed E-state index contributed by atoms with van der Waals surface area (Å²) >= 11 is 12.7. The third kappa shape index (κ3) is 3.47. The van der Waals surface area contributed by atoms with Crippen molar-refractivity contribution in [3.05, 3.63) is 39.5 Å². The summed E-state index contributed by atoms with van der Waals surface area (Å²) in [4.78, 5) is 2.54. The van der Waals surface area contributed by atoms with E-state index in [0.29, 0.717) is 16.0 Å². The fraction of sp³-hybridized carbons (Fsp3) is 0.550. The van der Waals surface area contributed by atoms with Gasteiger partial charge in [0.25, 0.3) is 0 Å². The maximum atomic E-state index is 6.50. The van der Waals surface area contributed by atoms with Crippen LogP contribution in [0, 0.1) is 0 Å². The predicted octanol–water partition coefficient (Wildman–Crippen LogP) is 5.13. The van der Waals surface area contributed by atoms with Crippen molar-refractivity contribution in [1.29, 1.82) is 0 Å². The zero-order valence-corrected chi connectivity index (χ0v) is 16.8. The Kier molecular flexibility index (Phi) is 5.44. The van der Waals surface area contributed by atoms with Gasteiger partial charge in [0.1, 0.15) is 5.82 Å². The van der Waals surface area contributed by atoms with E-state index in [1.165, 1.54) is 43.5 Å². The number of hydrogen-bond acceptors (Lipinski definition) is 3. The molecule has 1 unspecified atom stereocenters. The fourth-order valence-corrected chi connectivity index (χ4v) is 4.61. The van der Waals surface area contributed by atoms with Gasteiger partial charge in [-0.15, -0.1) is 0 Å². The molecule has 6 heteroatoms. The molecule has 140 valence electrons. The fourth-order valence-electron chi connectivity index (χ4n) is 4.25. The second-order valence-corrected chi connectivity index (χ2v) is 8.18. The number of anilines is 1. The molecule has 1 fully saturated rings. The molecule has 2 aromatic rings. The molecule has 2 aliphatic heterocycles. The van der Waals surface area contributed by atoms with Gasteiger partial charge in [-0.05, 0) is 63.4 Å². The van der Waals surface area contributed by atoms with Gasteiger partial charge in [0.05, 0.1) is 16.4 Å². The predicted molar refractivity (Wildman–Crippen MR) is 109 cm³/mol. The Labute approximate surface area is 165 Å². The van der Waals surface area contributed by atoms with Crippen LogP contribution < -0.4 is 5.32 Å². The van der Waals surface area contributed by atoms with E-state index in [1.807, 2.05) is 22.9 Å². The SMILES string of the molecule is CCN1CCCC(c2nn(-c3cc(Cl)ccc3Cl)c3c2CCCCN3)C1. The number of fused-ring (bicyclic) bond motifs is 1. The van der Waals surface area contributed by atoms with Crippen molar-refractivity contribution in [3.8, 4) is 5.69 Å². The molecule has 0 spiro atoms. The van der Waals surface area contributed by atoms with Crippen molar-refractivity contribution in [3.63, 3.8) is 0 Å². The second-order valence-electron chi connectivity index (χ2n) is 7.34. The molecular formula is C20H26Cl2N4.